The van der Waals surface area contributed by atoms with Gasteiger partial charge in [-0.2, -0.15) is 0 Å². The lowest BCUT2D eigenvalue weighted by Crippen LogP contribution is -2.31. The van der Waals surface area contributed by atoms with Crippen LogP contribution in [0.2, 0.25) is 0 Å². The van der Waals surface area contributed by atoms with Gasteiger partial charge >= 0.3 is 0 Å². The molecule has 0 aromatic heterocycles. The molecule has 122 valence electrons. The molecule has 1 N–H and O–H groups in total. The third kappa shape index (κ3) is 2.35. The Morgan fingerprint density at radius 3 is 2.67 bits per heavy atom. The van der Waals surface area contributed by atoms with Crippen molar-refractivity contribution in [2.24, 2.45) is 0 Å². The number of carbonyl (C=O) groups excluding carboxylic acids is 2. The molecule has 4 rings (SSSR count). The van der Waals surface area contributed by atoms with E-state index >= 15 is 0 Å². The number of amides is 2. The van der Waals surface area contributed by atoms with Gasteiger partial charge in [0, 0.05) is 17.8 Å². The summed E-state index contributed by atoms with van der Waals surface area (Å²) < 4.78 is 26.2. The number of carbonyl (C=O) groups is 2. The van der Waals surface area contributed by atoms with Crippen molar-refractivity contribution in [2.45, 2.75) is 19.3 Å². The van der Waals surface area contributed by atoms with Crippen LogP contribution in [0.15, 0.2) is 30.3 Å². The molecule has 0 unspecified atom stereocenters. The number of benzene rings is 2. The minimum atomic E-state index is -1.06. The predicted molar refractivity (Wildman–Crippen MR) is 85.1 cm³/mol. The molecule has 0 bridgehead atoms. The van der Waals surface area contributed by atoms with Gasteiger partial charge in [-0.3, -0.25) is 9.59 Å². The average Bonchev–Trinajstić information content (AvgIpc) is 2.87. The minimum absolute atomic E-state index is 0.0424. The lowest BCUT2D eigenvalue weighted by Gasteiger charge is -2.26. The number of aryl methyl sites for hydroxylation is 1. The number of hydrogen-bond acceptors (Lipinski definition) is 2. The maximum absolute atomic E-state index is 13.3. The predicted octanol–water partition coefficient (Wildman–Crippen LogP) is 3.05. The van der Waals surface area contributed by atoms with Crippen LogP contribution in [0.1, 0.15) is 27.9 Å². The van der Waals surface area contributed by atoms with E-state index in [0.29, 0.717) is 12.1 Å². The van der Waals surface area contributed by atoms with Gasteiger partial charge in [-0.1, -0.05) is 0 Å². The lowest BCUT2D eigenvalue weighted by atomic mass is 9.99. The third-order valence-corrected chi connectivity index (χ3v) is 4.45. The van der Waals surface area contributed by atoms with Gasteiger partial charge in [0.2, 0.25) is 5.91 Å². The first-order valence-corrected chi connectivity index (χ1v) is 7.75. The molecule has 0 aliphatic carbocycles. The highest BCUT2D eigenvalue weighted by molar-refractivity contribution is 6.06. The molecule has 2 amide bonds. The fourth-order valence-corrected chi connectivity index (χ4v) is 3.39. The summed E-state index contributed by atoms with van der Waals surface area (Å²) in [6, 6.07) is 6.65. The van der Waals surface area contributed by atoms with Crippen LogP contribution in [0, 0.1) is 11.6 Å². The second-order valence-electron chi connectivity index (χ2n) is 6.05. The van der Waals surface area contributed by atoms with Crippen LogP contribution < -0.4 is 10.2 Å². The smallest absolute Gasteiger partial charge is 0.255 e. The van der Waals surface area contributed by atoms with Crippen molar-refractivity contribution in [1.82, 2.24) is 0 Å². The summed E-state index contributed by atoms with van der Waals surface area (Å²) in [6.07, 6.45) is 2.07. The Bertz CT molecular complexity index is 880. The van der Waals surface area contributed by atoms with Gasteiger partial charge in [0.15, 0.2) is 11.6 Å². The highest BCUT2D eigenvalue weighted by Crippen LogP contribution is 2.38. The third-order valence-electron chi connectivity index (χ3n) is 4.45. The fraction of sp³-hybridized carbons (Fsp3) is 0.222. The van der Waals surface area contributed by atoms with Crippen molar-refractivity contribution in [3.8, 4) is 0 Å². The van der Waals surface area contributed by atoms with Crippen LogP contribution in [0.5, 0.6) is 0 Å². The standard InChI is InChI=1S/C18H14F2N2O2/c19-14-4-3-11(8-15(14)20)18(24)21-13-6-10-2-1-5-22-16(23)9-12(7-13)17(10)22/h3-4,6-8H,1-2,5,9H2,(H,21,24). The molecule has 2 aromatic rings. The summed E-state index contributed by atoms with van der Waals surface area (Å²) in [6.45, 7) is 0.736. The van der Waals surface area contributed by atoms with Crippen molar-refractivity contribution < 1.29 is 18.4 Å². The quantitative estimate of drug-likeness (QED) is 0.921. The molecule has 0 saturated heterocycles. The molecule has 2 aliphatic rings. The SMILES string of the molecule is O=C(Nc1cc2c3c(c1)CC(=O)N3CCC2)c1ccc(F)c(F)c1. The van der Waals surface area contributed by atoms with Gasteiger partial charge in [0.05, 0.1) is 12.1 Å². The van der Waals surface area contributed by atoms with Crippen molar-refractivity contribution in [1.29, 1.82) is 0 Å². The zero-order valence-corrected chi connectivity index (χ0v) is 12.7. The molecule has 6 heteroatoms. The molecule has 0 radical (unpaired) electrons. The van der Waals surface area contributed by atoms with Crippen LogP contribution in [-0.4, -0.2) is 18.4 Å². The summed E-state index contributed by atoms with van der Waals surface area (Å²) in [4.78, 5) is 26.1. The largest absolute Gasteiger partial charge is 0.322 e. The lowest BCUT2D eigenvalue weighted by molar-refractivity contribution is -0.117. The summed E-state index contributed by atoms with van der Waals surface area (Å²) in [5.74, 6) is -2.49. The van der Waals surface area contributed by atoms with Crippen LogP contribution in [-0.2, 0) is 17.6 Å². The molecule has 2 heterocycles. The Kier molecular flexibility index (Phi) is 3.33. The Balaban J connectivity index is 1.64. The van der Waals surface area contributed by atoms with Crippen LogP contribution >= 0.6 is 0 Å². The van der Waals surface area contributed by atoms with E-state index in [1.54, 1.807) is 11.0 Å². The molecule has 2 aliphatic heterocycles. The molecule has 0 fully saturated rings. The molecular weight excluding hydrogens is 314 g/mol. The first kappa shape index (κ1) is 14.8. The van der Waals surface area contributed by atoms with Gasteiger partial charge in [0.1, 0.15) is 0 Å². The van der Waals surface area contributed by atoms with E-state index in [0.717, 1.165) is 48.3 Å². The summed E-state index contributed by atoms with van der Waals surface area (Å²) >= 11 is 0. The van der Waals surface area contributed by atoms with Gasteiger partial charge < -0.3 is 10.2 Å². The number of anilines is 2. The fourth-order valence-electron chi connectivity index (χ4n) is 3.39. The Morgan fingerprint density at radius 1 is 1.08 bits per heavy atom. The molecular formula is C18H14F2N2O2. The molecule has 2 aromatic carbocycles. The van der Waals surface area contributed by atoms with E-state index in [1.807, 2.05) is 6.07 Å². The zero-order valence-electron chi connectivity index (χ0n) is 12.7. The first-order chi connectivity index (χ1) is 11.5. The second kappa shape index (κ2) is 5.40. The van der Waals surface area contributed by atoms with Crippen molar-refractivity contribution in [2.75, 3.05) is 16.8 Å². The Morgan fingerprint density at radius 2 is 1.88 bits per heavy atom. The van der Waals surface area contributed by atoms with Crippen LogP contribution in [0.3, 0.4) is 0 Å². The van der Waals surface area contributed by atoms with E-state index < -0.39 is 17.5 Å². The topological polar surface area (TPSA) is 49.4 Å². The van der Waals surface area contributed by atoms with Gasteiger partial charge in [-0.25, -0.2) is 8.78 Å². The van der Waals surface area contributed by atoms with Crippen molar-refractivity contribution in [3.63, 3.8) is 0 Å². The molecule has 0 atom stereocenters. The van der Waals surface area contributed by atoms with E-state index in [1.165, 1.54) is 6.07 Å². The number of rotatable bonds is 2. The highest BCUT2D eigenvalue weighted by atomic mass is 19.2. The van der Waals surface area contributed by atoms with Crippen molar-refractivity contribution in [3.05, 3.63) is 58.7 Å². The average molecular weight is 328 g/mol. The Labute approximate surface area is 137 Å². The minimum Gasteiger partial charge on any atom is -0.322 e. The van der Waals surface area contributed by atoms with E-state index in [-0.39, 0.29) is 11.5 Å². The maximum Gasteiger partial charge on any atom is 0.255 e. The van der Waals surface area contributed by atoms with E-state index in [4.69, 9.17) is 0 Å². The zero-order chi connectivity index (χ0) is 16.8. The number of nitrogens with zero attached hydrogens (tertiary/aromatic N) is 1. The maximum atomic E-state index is 13.3. The summed E-state index contributed by atoms with van der Waals surface area (Å²) in [7, 11) is 0. The summed E-state index contributed by atoms with van der Waals surface area (Å²) in [5.41, 5.74) is 3.51. The van der Waals surface area contributed by atoms with Gasteiger partial charge in [0.25, 0.3) is 5.91 Å². The van der Waals surface area contributed by atoms with Gasteiger partial charge in [-0.15, -0.1) is 0 Å². The van der Waals surface area contributed by atoms with E-state index in [2.05, 4.69) is 5.32 Å². The highest BCUT2D eigenvalue weighted by Gasteiger charge is 2.32. The van der Waals surface area contributed by atoms with Crippen molar-refractivity contribution >= 4 is 23.2 Å². The van der Waals surface area contributed by atoms with E-state index in [9.17, 15) is 18.4 Å². The number of hydrogen-bond donors (Lipinski definition) is 1. The molecule has 0 spiro atoms. The Hall–Kier alpha value is -2.76. The number of halogens is 2. The summed E-state index contributed by atoms with van der Waals surface area (Å²) in [5, 5.41) is 2.71. The normalized spacial score (nSPS) is 15.4. The van der Waals surface area contributed by atoms with Crippen LogP contribution in [0.25, 0.3) is 0 Å². The van der Waals surface area contributed by atoms with Gasteiger partial charge in [-0.05, 0) is 54.3 Å². The number of nitrogens with one attached hydrogen (secondary N) is 1. The van der Waals surface area contributed by atoms with Crippen LogP contribution in [0.4, 0.5) is 20.2 Å². The monoisotopic (exact) mass is 328 g/mol. The molecule has 0 saturated carbocycles. The first-order valence-electron chi connectivity index (χ1n) is 7.75. The second-order valence-corrected chi connectivity index (χ2v) is 6.05. The molecule has 4 nitrogen and oxygen atoms in total. The molecule has 24 heavy (non-hydrogen) atoms.